The van der Waals surface area contributed by atoms with Crippen LogP contribution in [0.25, 0.3) is 0 Å². The molecule has 2 heteroatoms. The number of halogens is 2. The maximum absolute atomic E-state index is 13.3. The maximum Gasteiger partial charge on any atom is 0.160 e. The summed E-state index contributed by atoms with van der Waals surface area (Å²) in [6.45, 7) is 2.30. The van der Waals surface area contributed by atoms with Crippen LogP contribution in [0.15, 0.2) is 42.5 Å². The van der Waals surface area contributed by atoms with Crippen LogP contribution in [0, 0.1) is 59.0 Å². The summed E-state index contributed by atoms with van der Waals surface area (Å²) >= 11 is 0. The van der Waals surface area contributed by atoms with E-state index in [0.717, 1.165) is 41.0 Å². The van der Waals surface area contributed by atoms with E-state index in [9.17, 15) is 8.78 Å². The molecule has 0 heterocycles. The minimum Gasteiger partial charge on any atom is -0.204 e. The minimum atomic E-state index is -0.874. The zero-order valence-electron chi connectivity index (χ0n) is 20.4. The van der Waals surface area contributed by atoms with Crippen molar-refractivity contribution < 1.29 is 8.78 Å². The topological polar surface area (TPSA) is 0 Å². The standard InChI is InChI=1S/C32H36F2/c1-2-3-4-24-13-18-29(19-14-24)30-20-15-27(16-21-30)10-9-25-5-7-26(8-6-25)11-12-28-17-22-31(33)32(34)23-28/h5-8,17,22-24,27,29-30H,2-4,13-16,18-21H2,1H3. The number of hydrogen-bond donors (Lipinski definition) is 0. The normalized spacial score (nSPS) is 24.4. The van der Waals surface area contributed by atoms with Gasteiger partial charge in [-0.3, -0.25) is 0 Å². The molecule has 0 N–H and O–H groups in total. The summed E-state index contributed by atoms with van der Waals surface area (Å²) in [5, 5.41) is 0. The fourth-order valence-corrected chi connectivity index (χ4v) is 5.72. The SMILES string of the molecule is CCCCC1CCC(C2CCC(C#Cc3ccc(C#Cc4ccc(F)c(F)c4)cc3)CC2)CC1. The second-order valence-electron chi connectivity index (χ2n) is 10.3. The van der Waals surface area contributed by atoms with E-state index in [4.69, 9.17) is 0 Å². The van der Waals surface area contributed by atoms with Crippen molar-refractivity contribution in [3.63, 3.8) is 0 Å². The Hall–Kier alpha value is -2.58. The molecule has 0 nitrogen and oxygen atoms in total. The summed E-state index contributed by atoms with van der Waals surface area (Å²) in [5.74, 6) is 14.4. The van der Waals surface area contributed by atoms with E-state index in [0.29, 0.717) is 11.5 Å². The predicted octanol–water partition coefficient (Wildman–Crippen LogP) is 8.52. The molecular weight excluding hydrogens is 422 g/mol. The molecule has 2 aliphatic carbocycles. The molecule has 0 saturated heterocycles. The number of benzene rings is 2. The fourth-order valence-electron chi connectivity index (χ4n) is 5.72. The Morgan fingerprint density at radius 3 is 1.85 bits per heavy atom. The highest BCUT2D eigenvalue weighted by Crippen LogP contribution is 2.42. The van der Waals surface area contributed by atoms with Crippen molar-refractivity contribution in [1.82, 2.24) is 0 Å². The molecular formula is C32H36F2. The molecule has 0 aliphatic heterocycles. The Kier molecular flexibility index (Phi) is 8.82. The van der Waals surface area contributed by atoms with Gasteiger partial charge in [0.1, 0.15) is 0 Å². The van der Waals surface area contributed by atoms with Crippen molar-refractivity contribution in [2.45, 2.75) is 77.6 Å². The summed E-state index contributed by atoms with van der Waals surface area (Å²) in [6.07, 6.45) is 15.2. The first-order valence-corrected chi connectivity index (χ1v) is 13.2. The van der Waals surface area contributed by atoms with Crippen LogP contribution in [-0.4, -0.2) is 0 Å². The quantitative estimate of drug-likeness (QED) is 0.403. The van der Waals surface area contributed by atoms with E-state index in [-0.39, 0.29) is 0 Å². The smallest absolute Gasteiger partial charge is 0.160 e. The van der Waals surface area contributed by atoms with Gasteiger partial charge in [-0.05, 0) is 98.7 Å². The molecule has 0 bridgehead atoms. The van der Waals surface area contributed by atoms with Crippen LogP contribution >= 0.6 is 0 Å². The summed E-state index contributed by atoms with van der Waals surface area (Å²) < 4.78 is 26.3. The second-order valence-corrected chi connectivity index (χ2v) is 10.3. The van der Waals surface area contributed by atoms with Gasteiger partial charge in [0.2, 0.25) is 0 Å². The third-order valence-electron chi connectivity index (χ3n) is 7.87. The summed E-state index contributed by atoms with van der Waals surface area (Å²) in [5.41, 5.74) is 2.30. The zero-order valence-corrected chi connectivity index (χ0v) is 20.4. The number of hydrogen-bond acceptors (Lipinski definition) is 0. The largest absolute Gasteiger partial charge is 0.204 e. The summed E-state index contributed by atoms with van der Waals surface area (Å²) in [4.78, 5) is 0. The molecule has 2 saturated carbocycles. The number of unbranched alkanes of at least 4 members (excludes halogenated alkanes) is 1. The average Bonchev–Trinajstić information content (AvgIpc) is 2.88. The van der Waals surface area contributed by atoms with E-state index in [2.05, 4.69) is 30.6 Å². The van der Waals surface area contributed by atoms with E-state index in [1.165, 1.54) is 76.7 Å². The molecule has 2 aromatic carbocycles. The highest BCUT2D eigenvalue weighted by atomic mass is 19.2. The van der Waals surface area contributed by atoms with Gasteiger partial charge < -0.3 is 0 Å². The molecule has 0 amide bonds. The van der Waals surface area contributed by atoms with Crippen LogP contribution in [0.4, 0.5) is 8.78 Å². The Labute approximate surface area is 204 Å². The van der Waals surface area contributed by atoms with Crippen molar-refractivity contribution >= 4 is 0 Å². The van der Waals surface area contributed by atoms with Crippen molar-refractivity contribution in [1.29, 1.82) is 0 Å². The molecule has 2 aromatic rings. The van der Waals surface area contributed by atoms with Crippen LogP contribution in [0.1, 0.15) is 94.2 Å². The highest BCUT2D eigenvalue weighted by molar-refractivity contribution is 5.46. The fraction of sp³-hybridized carbons (Fsp3) is 0.500. The first-order chi connectivity index (χ1) is 16.6. The lowest BCUT2D eigenvalue weighted by Crippen LogP contribution is -2.25. The van der Waals surface area contributed by atoms with Crippen LogP contribution in [0.2, 0.25) is 0 Å². The van der Waals surface area contributed by atoms with Crippen LogP contribution < -0.4 is 0 Å². The zero-order chi connectivity index (χ0) is 23.8. The lowest BCUT2D eigenvalue weighted by molar-refractivity contribution is 0.153. The Bertz CT molecular complexity index is 1040. The van der Waals surface area contributed by atoms with Gasteiger partial charge in [0, 0.05) is 22.6 Å². The molecule has 0 aromatic heterocycles. The van der Waals surface area contributed by atoms with Gasteiger partial charge in [-0.1, -0.05) is 62.7 Å². The van der Waals surface area contributed by atoms with Crippen molar-refractivity contribution in [2.24, 2.45) is 23.7 Å². The van der Waals surface area contributed by atoms with Gasteiger partial charge in [-0.2, -0.15) is 0 Å². The van der Waals surface area contributed by atoms with Gasteiger partial charge in [-0.25, -0.2) is 8.78 Å². The van der Waals surface area contributed by atoms with E-state index < -0.39 is 11.6 Å². The highest BCUT2D eigenvalue weighted by Gasteiger charge is 2.30. The summed E-state index contributed by atoms with van der Waals surface area (Å²) in [7, 11) is 0. The lowest BCUT2D eigenvalue weighted by Gasteiger charge is -2.37. The van der Waals surface area contributed by atoms with Crippen molar-refractivity contribution in [3.05, 3.63) is 70.8 Å². The van der Waals surface area contributed by atoms with Crippen molar-refractivity contribution in [2.75, 3.05) is 0 Å². The third kappa shape index (κ3) is 6.96. The van der Waals surface area contributed by atoms with Crippen LogP contribution in [0.3, 0.4) is 0 Å². The first kappa shape index (κ1) is 24.5. The molecule has 2 aliphatic rings. The van der Waals surface area contributed by atoms with Crippen LogP contribution in [0.5, 0.6) is 0 Å². The van der Waals surface area contributed by atoms with E-state index >= 15 is 0 Å². The number of rotatable bonds is 4. The Morgan fingerprint density at radius 1 is 0.676 bits per heavy atom. The lowest BCUT2D eigenvalue weighted by atomic mass is 9.69. The van der Waals surface area contributed by atoms with Gasteiger partial charge in [0.15, 0.2) is 11.6 Å². The van der Waals surface area contributed by atoms with Crippen LogP contribution in [-0.2, 0) is 0 Å². The van der Waals surface area contributed by atoms with Gasteiger partial charge in [0.05, 0.1) is 0 Å². The van der Waals surface area contributed by atoms with E-state index in [1.807, 2.05) is 24.3 Å². The third-order valence-corrected chi connectivity index (χ3v) is 7.87. The molecule has 178 valence electrons. The van der Waals surface area contributed by atoms with Gasteiger partial charge >= 0.3 is 0 Å². The monoisotopic (exact) mass is 458 g/mol. The average molecular weight is 459 g/mol. The molecule has 34 heavy (non-hydrogen) atoms. The Morgan fingerprint density at radius 2 is 1.24 bits per heavy atom. The van der Waals surface area contributed by atoms with Gasteiger partial charge in [0.25, 0.3) is 0 Å². The summed E-state index contributed by atoms with van der Waals surface area (Å²) in [6, 6.07) is 11.6. The molecule has 0 radical (unpaired) electrons. The molecule has 2 fully saturated rings. The predicted molar refractivity (Wildman–Crippen MR) is 136 cm³/mol. The van der Waals surface area contributed by atoms with Crippen molar-refractivity contribution in [3.8, 4) is 23.7 Å². The molecule has 0 spiro atoms. The minimum absolute atomic E-state index is 0.461. The second kappa shape index (κ2) is 12.2. The molecule has 0 atom stereocenters. The Balaban J connectivity index is 1.24. The first-order valence-electron chi connectivity index (χ1n) is 13.2. The molecule has 4 rings (SSSR count). The van der Waals surface area contributed by atoms with E-state index in [1.54, 1.807) is 0 Å². The molecule has 0 unspecified atom stereocenters. The van der Waals surface area contributed by atoms with Gasteiger partial charge in [-0.15, -0.1) is 0 Å². The maximum atomic E-state index is 13.3.